The molecule has 0 spiro atoms. The SMILES string of the molecule is CCCCC=C([C@@H]1CCC[C@@H]1C)[C@@H]1CCC[C@@H]1C. The molecule has 0 amide bonds. The Labute approximate surface area is 114 Å². The van der Waals surface area contributed by atoms with E-state index < -0.39 is 0 Å². The second-order valence-electron chi connectivity index (χ2n) is 6.88. The van der Waals surface area contributed by atoms with Crippen LogP contribution in [0, 0.1) is 23.7 Å². The molecular weight excluding hydrogens is 216 g/mol. The van der Waals surface area contributed by atoms with E-state index in [1.54, 1.807) is 0 Å². The highest BCUT2D eigenvalue weighted by atomic mass is 14.4. The quantitative estimate of drug-likeness (QED) is 0.415. The van der Waals surface area contributed by atoms with Crippen LogP contribution in [-0.2, 0) is 0 Å². The summed E-state index contributed by atoms with van der Waals surface area (Å²) < 4.78 is 0. The molecular formula is C18H32. The molecule has 0 radical (unpaired) electrons. The molecule has 0 bridgehead atoms. The van der Waals surface area contributed by atoms with Gasteiger partial charge in [0.05, 0.1) is 0 Å². The standard InChI is InChI=1S/C18H32/c1-4-5-6-11-18(16-12-7-9-14(16)2)17-13-8-10-15(17)3/h11,14-17H,4-10,12-13H2,1-3H3/t14-,15-,16+,17+/m0/s1. The minimum absolute atomic E-state index is 0.937. The molecule has 4 atom stereocenters. The maximum Gasteiger partial charge on any atom is -0.0175 e. The molecule has 0 aromatic heterocycles. The summed E-state index contributed by atoms with van der Waals surface area (Å²) >= 11 is 0. The van der Waals surface area contributed by atoms with Gasteiger partial charge in [0.2, 0.25) is 0 Å². The molecule has 18 heavy (non-hydrogen) atoms. The molecule has 0 aliphatic heterocycles. The van der Waals surface area contributed by atoms with Gasteiger partial charge < -0.3 is 0 Å². The Morgan fingerprint density at radius 1 is 0.944 bits per heavy atom. The number of allylic oxidation sites excluding steroid dienone is 2. The third kappa shape index (κ3) is 3.19. The van der Waals surface area contributed by atoms with Crippen molar-refractivity contribution in [2.75, 3.05) is 0 Å². The number of rotatable bonds is 5. The fourth-order valence-corrected chi connectivity index (χ4v) is 4.33. The van der Waals surface area contributed by atoms with E-state index in [0.29, 0.717) is 0 Å². The van der Waals surface area contributed by atoms with Crippen LogP contribution in [-0.4, -0.2) is 0 Å². The zero-order valence-corrected chi connectivity index (χ0v) is 12.8. The van der Waals surface area contributed by atoms with Crippen LogP contribution in [0.5, 0.6) is 0 Å². The predicted molar refractivity (Wildman–Crippen MR) is 80.6 cm³/mol. The van der Waals surface area contributed by atoms with Gasteiger partial charge in [-0.1, -0.05) is 70.9 Å². The van der Waals surface area contributed by atoms with Crippen molar-refractivity contribution in [2.45, 2.75) is 78.6 Å². The Bertz CT molecular complexity index is 254. The van der Waals surface area contributed by atoms with Crippen molar-refractivity contribution in [1.82, 2.24) is 0 Å². The normalized spacial score (nSPS) is 35.9. The van der Waals surface area contributed by atoms with E-state index >= 15 is 0 Å². The van der Waals surface area contributed by atoms with Crippen molar-refractivity contribution in [3.05, 3.63) is 11.6 Å². The minimum atomic E-state index is 0.937. The Hall–Kier alpha value is -0.260. The van der Waals surface area contributed by atoms with Gasteiger partial charge >= 0.3 is 0 Å². The summed E-state index contributed by atoms with van der Waals surface area (Å²) in [6.45, 7) is 7.29. The molecule has 2 fully saturated rings. The molecule has 2 aliphatic carbocycles. The zero-order valence-electron chi connectivity index (χ0n) is 12.8. The summed E-state index contributed by atoms with van der Waals surface area (Å²) in [4.78, 5) is 0. The van der Waals surface area contributed by atoms with E-state index in [9.17, 15) is 0 Å². The summed E-state index contributed by atoms with van der Waals surface area (Å²) in [6, 6.07) is 0. The lowest BCUT2D eigenvalue weighted by Crippen LogP contribution is -2.18. The number of unbranched alkanes of at least 4 members (excludes halogenated alkanes) is 2. The highest BCUT2D eigenvalue weighted by Crippen LogP contribution is 2.46. The average molecular weight is 248 g/mol. The van der Waals surface area contributed by atoms with E-state index in [1.807, 2.05) is 5.57 Å². The lowest BCUT2D eigenvalue weighted by molar-refractivity contribution is 0.380. The van der Waals surface area contributed by atoms with Gasteiger partial charge in [0, 0.05) is 0 Å². The van der Waals surface area contributed by atoms with E-state index in [0.717, 1.165) is 23.7 Å². The maximum atomic E-state index is 2.67. The average Bonchev–Trinajstić information content (AvgIpc) is 2.95. The van der Waals surface area contributed by atoms with Crippen molar-refractivity contribution < 1.29 is 0 Å². The maximum absolute atomic E-state index is 2.67. The number of hydrogen-bond donors (Lipinski definition) is 0. The lowest BCUT2D eigenvalue weighted by atomic mass is 9.77. The molecule has 0 nitrogen and oxygen atoms in total. The third-order valence-corrected chi connectivity index (χ3v) is 5.52. The van der Waals surface area contributed by atoms with Crippen LogP contribution in [0.15, 0.2) is 11.6 Å². The summed E-state index contributed by atoms with van der Waals surface area (Å²) in [6.07, 6.45) is 15.5. The van der Waals surface area contributed by atoms with Gasteiger partial charge in [-0.05, 0) is 42.9 Å². The second-order valence-corrected chi connectivity index (χ2v) is 6.88. The fraction of sp³-hybridized carbons (Fsp3) is 0.889. The van der Waals surface area contributed by atoms with Gasteiger partial charge in [-0.25, -0.2) is 0 Å². The lowest BCUT2D eigenvalue weighted by Gasteiger charge is -2.28. The molecule has 0 heterocycles. The third-order valence-electron chi connectivity index (χ3n) is 5.52. The Morgan fingerprint density at radius 2 is 1.50 bits per heavy atom. The smallest absolute Gasteiger partial charge is 0.0175 e. The second kappa shape index (κ2) is 6.78. The minimum Gasteiger partial charge on any atom is -0.0848 e. The van der Waals surface area contributed by atoms with Crippen LogP contribution in [0.25, 0.3) is 0 Å². The topological polar surface area (TPSA) is 0 Å². The monoisotopic (exact) mass is 248 g/mol. The largest absolute Gasteiger partial charge is 0.0848 e. The Balaban J connectivity index is 2.09. The molecule has 104 valence electrons. The van der Waals surface area contributed by atoms with Crippen LogP contribution in [0.2, 0.25) is 0 Å². The summed E-state index contributed by atoms with van der Waals surface area (Å²) in [5, 5.41) is 0. The van der Waals surface area contributed by atoms with Gasteiger partial charge in [-0.2, -0.15) is 0 Å². The van der Waals surface area contributed by atoms with E-state index in [-0.39, 0.29) is 0 Å². The highest BCUT2D eigenvalue weighted by molar-refractivity contribution is 5.16. The highest BCUT2D eigenvalue weighted by Gasteiger charge is 2.34. The van der Waals surface area contributed by atoms with Gasteiger partial charge in [0.25, 0.3) is 0 Å². The zero-order chi connectivity index (χ0) is 13.0. The Morgan fingerprint density at radius 3 is 1.89 bits per heavy atom. The molecule has 2 aliphatic rings. The van der Waals surface area contributed by atoms with Gasteiger partial charge in [0.15, 0.2) is 0 Å². The van der Waals surface area contributed by atoms with Gasteiger partial charge in [-0.3, -0.25) is 0 Å². The summed E-state index contributed by atoms with van der Waals surface area (Å²) in [7, 11) is 0. The first-order valence-electron chi connectivity index (χ1n) is 8.44. The molecule has 0 saturated heterocycles. The Kier molecular flexibility index (Phi) is 5.33. The summed E-state index contributed by atoms with van der Waals surface area (Å²) in [5.74, 6) is 3.77. The first-order valence-corrected chi connectivity index (χ1v) is 8.44. The molecule has 0 aromatic rings. The van der Waals surface area contributed by atoms with Crippen LogP contribution in [0.4, 0.5) is 0 Å². The van der Waals surface area contributed by atoms with Crippen molar-refractivity contribution in [2.24, 2.45) is 23.7 Å². The molecule has 0 heteroatoms. The van der Waals surface area contributed by atoms with Crippen molar-refractivity contribution in [3.63, 3.8) is 0 Å². The van der Waals surface area contributed by atoms with Gasteiger partial charge in [0.1, 0.15) is 0 Å². The van der Waals surface area contributed by atoms with Crippen LogP contribution in [0.3, 0.4) is 0 Å². The van der Waals surface area contributed by atoms with Crippen molar-refractivity contribution in [1.29, 1.82) is 0 Å². The van der Waals surface area contributed by atoms with Crippen LogP contribution in [0.1, 0.15) is 78.6 Å². The predicted octanol–water partition coefficient (Wildman–Crippen LogP) is 5.98. The first-order chi connectivity index (χ1) is 8.74. The van der Waals surface area contributed by atoms with E-state index in [4.69, 9.17) is 0 Å². The first kappa shape index (κ1) is 14.2. The number of hydrogen-bond acceptors (Lipinski definition) is 0. The van der Waals surface area contributed by atoms with Crippen LogP contribution < -0.4 is 0 Å². The molecule has 0 unspecified atom stereocenters. The summed E-state index contributed by atoms with van der Waals surface area (Å²) in [5.41, 5.74) is 1.89. The van der Waals surface area contributed by atoms with E-state index in [2.05, 4.69) is 26.8 Å². The molecule has 0 aromatic carbocycles. The van der Waals surface area contributed by atoms with Crippen molar-refractivity contribution >= 4 is 0 Å². The molecule has 2 saturated carbocycles. The van der Waals surface area contributed by atoms with Crippen LogP contribution >= 0.6 is 0 Å². The molecule has 0 N–H and O–H groups in total. The van der Waals surface area contributed by atoms with Gasteiger partial charge in [-0.15, -0.1) is 0 Å². The van der Waals surface area contributed by atoms with E-state index in [1.165, 1.54) is 57.8 Å². The molecule has 2 rings (SSSR count). The fourth-order valence-electron chi connectivity index (χ4n) is 4.33. The van der Waals surface area contributed by atoms with Crippen molar-refractivity contribution in [3.8, 4) is 0 Å².